The summed E-state index contributed by atoms with van der Waals surface area (Å²) in [6.45, 7) is 6.64. The minimum atomic E-state index is -0.0138. The smallest absolute Gasteiger partial charge is 0.246 e. The predicted molar refractivity (Wildman–Crippen MR) is 130 cm³/mol. The summed E-state index contributed by atoms with van der Waals surface area (Å²) in [5.41, 5.74) is 1.95. The molecule has 0 bridgehead atoms. The van der Waals surface area contributed by atoms with E-state index in [-0.39, 0.29) is 5.91 Å². The maximum atomic E-state index is 13.1. The van der Waals surface area contributed by atoms with Gasteiger partial charge in [0.05, 0.1) is 14.2 Å². The number of piperidine rings is 1. The number of carbonyl (C=O) groups is 1. The first-order valence-electron chi connectivity index (χ1n) is 11.1. The van der Waals surface area contributed by atoms with Gasteiger partial charge in [0, 0.05) is 30.7 Å². The number of nitrogens with zero attached hydrogens (tertiary/aromatic N) is 2. The van der Waals surface area contributed by atoms with Gasteiger partial charge in [0.1, 0.15) is 0 Å². The zero-order valence-corrected chi connectivity index (χ0v) is 20.0. The Bertz CT molecular complexity index is 906. The summed E-state index contributed by atoms with van der Waals surface area (Å²) >= 11 is 6.03. The molecule has 0 radical (unpaired) electrons. The van der Waals surface area contributed by atoms with Crippen LogP contribution in [0.5, 0.6) is 11.5 Å². The first kappa shape index (κ1) is 24.1. The Morgan fingerprint density at radius 2 is 1.78 bits per heavy atom. The Labute approximate surface area is 196 Å². The van der Waals surface area contributed by atoms with E-state index >= 15 is 0 Å². The van der Waals surface area contributed by atoms with Gasteiger partial charge in [-0.1, -0.05) is 36.7 Å². The van der Waals surface area contributed by atoms with Gasteiger partial charge in [0.2, 0.25) is 5.91 Å². The van der Waals surface area contributed by atoms with E-state index in [0.717, 1.165) is 36.7 Å². The van der Waals surface area contributed by atoms with E-state index in [2.05, 4.69) is 11.8 Å². The first-order valence-corrected chi connectivity index (χ1v) is 11.5. The van der Waals surface area contributed by atoms with Crippen molar-refractivity contribution in [1.29, 1.82) is 0 Å². The molecule has 1 heterocycles. The number of likely N-dealkylation sites (tertiary alicyclic amines) is 1. The van der Waals surface area contributed by atoms with Crippen molar-refractivity contribution in [3.8, 4) is 11.5 Å². The van der Waals surface area contributed by atoms with Gasteiger partial charge in [-0.05, 0) is 73.3 Å². The Morgan fingerprint density at radius 3 is 2.44 bits per heavy atom. The molecule has 172 valence electrons. The minimum absolute atomic E-state index is 0.0138. The molecule has 1 amide bonds. The molecule has 0 N–H and O–H groups in total. The number of benzene rings is 2. The van der Waals surface area contributed by atoms with Gasteiger partial charge >= 0.3 is 0 Å². The number of hydrogen-bond acceptors (Lipinski definition) is 4. The van der Waals surface area contributed by atoms with Gasteiger partial charge in [-0.15, -0.1) is 0 Å². The molecule has 2 aromatic rings. The molecule has 6 heteroatoms. The molecule has 1 aliphatic rings. The van der Waals surface area contributed by atoms with Crippen LogP contribution in [0.2, 0.25) is 5.02 Å². The summed E-state index contributed by atoms with van der Waals surface area (Å²) in [7, 11) is 3.21. The molecule has 1 saturated heterocycles. The highest BCUT2D eigenvalue weighted by Gasteiger charge is 2.18. The van der Waals surface area contributed by atoms with E-state index in [1.54, 1.807) is 20.3 Å². The quantitative estimate of drug-likeness (QED) is 0.490. The van der Waals surface area contributed by atoms with Crippen LogP contribution in [0.3, 0.4) is 0 Å². The average molecular weight is 457 g/mol. The van der Waals surface area contributed by atoms with Gasteiger partial charge in [0.15, 0.2) is 11.5 Å². The molecule has 1 fully saturated rings. The largest absolute Gasteiger partial charge is 0.493 e. The Morgan fingerprint density at radius 1 is 1.09 bits per heavy atom. The van der Waals surface area contributed by atoms with E-state index in [4.69, 9.17) is 21.1 Å². The van der Waals surface area contributed by atoms with Gasteiger partial charge in [-0.25, -0.2) is 0 Å². The van der Waals surface area contributed by atoms with Crippen LogP contribution < -0.4 is 9.47 Å². The third kappa shape index (κ3) is 7.01. The lowest BCUT2D eigenvalue weighted by Crippen LogP contribution is -2.40. The topological polar surface area (TPSA) is 42.0 Å². The molecule has 0 spiro atoms. The van der Waals surface area contributed by atoms with E-state index in [1.807, 2.05) is 53.4 Å². The first-order chi connectivity index (χ1) is 15.5. The fraction of sp³-hybridized carbons (Fsp3) is 0.423. The van der Waals surface area contributed by atoms with Crippen molar-refractivity contribution < 1.29 is 14.3 Å². The normalized spacial score (nSPS) is 15.1. The molecule has 0 atom stereocenters. The zero-order chi connectivity index (χ0) is 22.9. The number of amides is 1. The van der Waals surface area contributed by atoms with Gasteiger partial charge < -0.3 is 19.3 Å². The minimum Gasteiger partial charge on any atom is -0.493 e. The van der Waals surface area contributed by atoms with Gasteiger partial charge in [-0.2, -0.15) is 0 Å². The summed E-state index contributed by atoms with van der Waals surface area (Å²) < 4.78 is 10.7. The molecule has 2 aromatic carbocycles. The molecule has 1 aliphatic heterocycles. The van der Waals surface area contributed by atoms with E-state index in [1.165, 1.54) is 12.8 Å². The molecule has 0 unspecified atom stereocenters. The van der Waals surface area contributed by atoms with Crippen LogP contribution in [-0.2, 0) is 11.3 Å². The summed E-state index contributed by atoms with van der Waals surface area (Å²) in [6, 6.07) is 13.3. The maximum absolute atomic E-state index is 13.1. The summed E-state index contributed by atoms with van der Waals surface area (Å²) in [4.78, 5) is 17.5. The monoisotopic (exact) mass is 456 g/mol. The Hall–Kier alpha value is -2.50. The van der Waals surface area contributed by atoms with Crippen LogP contribution in [0, 0.1) is 5.92 Å². The maximum Gasteiger partial charge on any atom is 0.246 e. The van der Waals surface area contributed by atoms with Crippen molar-refractivity contribution in [3.63, 3.8) is 0 Å². The second-order valence-corrected chi connectivity index (χ2v) is 8.79. The van der Waals surface area contributed by atoms with Gasteiger partial charge in [-0.3, -0.25) is 4.79 Å². The molecule has 0 aromatic heterocycles. The predicted octanol–water partition coefficient (Wildman–Crippen LogP) is 5.13. The van der Waals surface area contributed by atoms with Crippen molar-refractivity contribution in [1.82, 2.24) is 9.80 Å². The number of rotatable bonds is 9. The second-order valence-electron chi connectivity index (χ2n) is 8.36. The van der Waals surface area contributed by atoms with Crippen LogP contribution in [-0.4, -0.2) is 56.1 Å². The number of halogens is 1. The van der Waals surface area contributed by atoms with Gasteiger partial charge in [0.25, 0.3) is 0 Å². The lowest BCUT2D eigenvalue weighted by molar-refractivity contribution is -0.126. The molecule has 0 aliphatic carbocycles. The summed E-state index contributed by atoms with van der Waals surface area (Å²) in [5.74, 6) is 2.08. The highest BCUT2D eigenvalue weighted by atomic mass is 35.5. The third-order valence-electron chi connectivity index (χ3n) is 5.99. The van der Waals surface area contributed by atoms with Crippen molar-refractivity contribution in [3.05, 3.63) is 64.7 Å². The van der Waals surface area contributed by atoms with Crippen LogP contribution in [0.1, 0.15) is 30.9 Å². The van der Waals surface area contributed by atoms with Crippen molar-refractivity contribution in [2.45, 2.75) is 26.3 Å². The summed E-state index contributed by atoms with van der Waals surface area (Å²) in [6.07, 6.45) is 5.91. The average Bonchev–Trinajstić information content (AvgIpc) is 2.82. The molecule has 0 saturated carbocycles. The highest BCUT2D eigenvalue weighted by molar-refractivity contribution is 6.30. The molecule has 32 heavy (non-hydrogen) atoms. The van der Waals surface area contributed by atoms with Crippen LogP contribution in [0.25, 0.3) is 6.08 Å². The third-order valence-corrected chi connectivity index (χ3v) is 6.24. The standard InChI is InChI=1S/C26H33ClN2O3/c1-20-12-14-28(15-13-20)16-17-29(19-22-4-8-23(27)9-5-22)26(30)11-7-21-6-10-24(31-2)25(18-21)32-3/h4-11,18,20H,12-17,19H2,1-3H3/b11-7+. The van der Waals surface area contributed by atoms with Crippen molar-refractivity contribution >= 4 is 23.6 Å². The van der Waals surface area contributed by atoms with E-state index in [9.17, 15) is 4.79 Å². The van der Waals surface area contributed by atoms with Crippen molar-refractivity contribution in [2.24, 2.45) is 5.92 Å². The number of methoxy groups -OCH3 is 2. The van der Waals surface area contributed by atoms with Crippen LogP contribution in [0.15, 0.2) is 48.5 Å². The molecular weight excluding hydrogens is 424 g/mol. The van der Waals surface area contributed by atoms with Crippen LogP contribution in [0.4, 0.5) is 0 Å². The fourth-order valence-corrected chi connectivity index (χ4v) is 3.98. The summed E-state index contributed by atoms with van der Waals surface area (Å²) in [5, 5.41) is 0.697. The SMILES string of the molecule is COc1ccc(/C=C/C(=O)N(CCN2CCC(C)CC2)Cc2ccc(Cl)cc2)cc1OC. The van der Waals surface area contributed by atoms with Crippen LogP contribution >= 0.6 is 11.6 Å². The lowest BCUT2D eigenvalue weighted by Gasteiger charge is -2.32. The molecule has 5 nitrogen and oxygen atoms in total. The number of carbonyl (C=O) groups excluding carboxylic acids is 1. The Kier molecular flexibility index (Phi) is 9.00. The molecule has 3 rings (SSSR count). The Balaban J connectivity index is 1.69. The van der Waals surface area contributed by atoms with E-state index in [0.29, 0.717) is 29.6 Å². The molecular formula is C26H33ClN2O3. The fourth-order valence-electron chi connectivity index (χ4n) is 3.85. The van der Waals surface area contributed by atoms with Crippen molar-refractivity contribution in [2.75, 3.05) is 40.4 Å². The number of hydrogen-bond donors (Lipinski definition) is 0. The zero-order valence-electron chi connectivity index (χ0n) is 19.2. The number of ether oxygens (including phenoxy) is 2. The van der Waals surface area contributed by atoms with E-state index < -0.39 is 0 Å². The second kappa shape index (κ2) is 11.9. The lowest BCUT2D eigenvalue weighted by atomic mass is 9.99. The highest BCUT2D eigenvalue weighted by Crippen LogP contribution is 2.28.